The van der Waals surface area contributed by atoms with Gasteiger partial charge in [0.25, 0.3) is 0 Å². The van der Waals surface area contributed by atoms with E-state index in [9.17, 15) is 4.39 Å². The van der Waals surface area contributed by atoms with Gasteiger partial charge in [0.15, 0.2) is 11.6 Å². The maximum Gasteiger partial charge on any atom is 0.172 e. The molecule has 0 spiro atoms. The lowest BCUT2D eigenvalue weighted by atomic mass is 9.68. The minimum atomic E-state index is -0.245. The van der Waals surface area contributed by atoms with E-state index in [1.807, 2.05) is 31.2 Å². The summed E-state index contributed by atoms with van der Waals surface area (Å²) in [6.45, 7) is 4.48. The van der Waals surface area contributed by atoms with Crippen LogP contribution in [0.25, 0.3) is 10.8 Å². The molecule has 2 heteroatoms. The van der Waals surface area contributed by atoms with Gasteiger partial charge in [0, 0.05) is 5.39 Å². The van der Waals surface area contributed by atoms with E-state index in [2.05, 4.69) is 31.2 Å². The van der Waals surface area contributed by atoms with Gasteiger partial charge in [-0.3, -0.25) is 0 Å². The molecule has 166 valence electrons. The van der Waals surface area contributed by atoms with Crippen molar-refractivity contribution >= 4 is 10.8 Å². The highest BCUT2D eigenvalue weighted by molar-refractivity contribution is 5.85. The van der Waals surface area contributed by atoms with Gasteiger partial charge in [0.05, 0.1) is 0 Å². The first-order valence-corrected chi connectivity index (χ1v) is 12.3. The molecule has 2 fully saturated rings. The van der Waals surface area contributed by atoms with Crippen molar-refractivity contribution in [3.05, 3.63) is 66.0 Å². The van der Waals surface area contributed by atoms with Crippen LogP contribution in [0, 0.1) is 23.6 Å². The maximum atomic E-state index is 14.9. The molecule has 0 aromatic heterocycles. The highest BCUT2D eigenvalue weighted by Crippen LogP contribution is 2.44. The van der Waals surface area contributed by atoms with E-state index < -0.39 is 0 Å². The smallest absolute Gasteiger partial charge is 0.172 e. The van der Waals surface area contributed by atoms with E-state index in [0.29, 0.717) is 23.7 Å². The summed E-state index contributed by atoms with van der Waals surface area (Å²) in [5, 5.41) is 1.64. The Morgan fingerprint density at radius 2 is 1.58 bits per heavy atom. The Hall–Kier alpha value is -2.09. The number of hydrogen-bond acceptors (Lipinski definition) is 1. The molecular formula is C29H37FO. The molecule has 0 radical (unpaired) electrons. The van der Waals surface area contributed by atoms with Gasteiger partial charge in [-0.15, -0.1) is 0 Å². The number of rotatable bonds is 6. The van der Waals surface area contributed by atoms with Crippen molar-refractivity contribution in [2.45, 2.75) is 71.1 Å². The summed E-state index contributed by atoms with van der Waals surface area (Å²) in [6, 6.07) is 10.1. The standard InChI is InChI=1S/C29H37FO/c1-3-5-19-31-28-18-16-26-20-25(15-17-27(26)29(28)30)24-13-11-23(12-14-24)22-9-7-21(6-4-2)8-10-22/h3-6,15-18,20-24H,7-14,19H2,1-2H3/b5-3?,6-4+. The third-order valence-corrected chi connectivity index (χ3v) is 7.70. The minimum absolute atomic E-state index is 0.245. The molecule has 0 unspecified atom stereocenters. The lowest BCUT2D eigenvalue weighted by Gasteiger charge is -2.37. The average Bonchev–Trinajstić information content (AvgIpc) is 2.81. The summed E-state index contributed by atoms with van der Waals surface area (Å²) in [7, 11) is 0. The molecule has 31 heavy (non-hydrogen) atoms. The fraction of sp³-hybridized carbons (Fsp3) is 0.517. The van der Waals surface area contributed by atoms with Crippen LogP contribution in [0.15, 0.2) is 54.6 Å². The van der Waals surface area contributed by atoms with Crippen molar-refractivity contribution in [1.82, 2.24) is 0 Å². The van der Waals surface area contributed by atoms with Gasteiger partial charge in [-0.05, 0) is 106 Å². The third kappa shape index (κ3) is 5.22. The Labute approximate surface area is 187 Å². The molecule has 0 heterocycles. The number of halogens is 1. The largest absolute Gasteiger partial charge is 0.486 e. The van der Waals surface area contributed by atoms with Gasteiger partial charge in [0.2, 0.25) is 0 Å². The molecule has 0 saturated heterocycles. The number of benzene rings is 2. The first kappa shape index (κ1) is 22.1. The zero-order valence-corrected chi connectivity index (χ0v) is 19.2. The van der Waals surface area contributed by atoms with E-state index in [-0.39, 0.29) is 5.82 Å². The molecule has 0 aliphatic heterocycles. The molecule has 2 aliphatic carbocycles. The highest BCUT2D eigenvalue weighted by atomic mass is 19.1. The molecular weight excluding hydrogens is 383 g/mol. The van der Waals surface area contributed by atoms with Crippen LogP contribution in [0.1, 0.15) is 76.7 Å². The first-order valence-electron chi connectivity index (χ1n) is 12.3. The zero-order valence-electron chi connectivity index (χ0n) is 19.2. The Bertz CT molecular complexity index is 912. The van der Waals surface area contributed by atoms with E-state index in [1.165, 1.54) is 56.9 Å². The van der Waals surface area contributed by atoms with Gasteiger partial charge in [-0.2, -0.15) is 0 Å². The van der Waals surface area contributed by atoms with Crippen LogP contribution in [0.3, 0.4) is 0 Å². The summed E-state index contributed by atoms with van der Waals surface area (Å²) < 4.78 is 20.4. The second-order valence-corrected chi connectivity index (χ2v) is 9.55. The normalized spacial score (nSPS) is 27.3. The lowest BCUT2D eigenvalue weighted by molar-refractivity contribution is 0.171. The molecule has 0 atom stereocenters. The van der Waals surface area contributed by atoms with Gasteiger partial charge in [-0.25, -0.2) is 4.39 Å². The van der Waals surface area contributed by atoms with Crippen LogP contribution in [0.4, 0.5) is 4.39 Å². The SMILES string of the molecule is CC=CCOc1ccc2cc(C3CCC(C4CCC(/C=C/C)CC4)CC3)ccc2c1F. The van der Waals surface area contributed by atoms with Gasteiger partial charge < -0.3 is 4.74 Å². The average molecular weight is 421 g/mol. The molecule has 2 saturated carbocycles. The Morgan fingerprint density at radius 1 is 0.871 bits per heavy atom. The van der Waals surface area contributed by atoms with E-state index in [4.69, 9.17) is 4.74 Å². The van der Waals surface area contributed by atoms with Crippen LogP contribution < -0.4 is 4.74 Å². The van der Waals surface area contributed by atoms with Gasteiger partial charge in [0.1, 0.15) is 6.61 Å². The fourth-order valence-corrected chi connectivity index (χ4v) is 5.89. The van der Waals surface area contributed by atoms with Crippen LogP contribution >= 0.6 is 0 Å². The number of fused-ring (bicyclic) bond motifs is 1. The summed E-state index contributed by atoms with van der Waals surface area (Å²) in [4.78, 5) is 0. The monoisotopic (exact) mass is 420 g/mol. The summed E-state index contributed by atoms with van der Waals surface area (Å²) in [6.07, 6.45) is 19.3. The minimum Gasteiger partial charge on any atom is -0.486 e. The number of hydrogen-bond donors (Lipinski definition) is 0. The van der Waals surface area contributed by atoms with Gasteiger partial charge >= 0.3 is 0 Å². The summed E-state index contributed by atoms with van der Waals surface area (Å²) in [5.41, 5.74) is 1.38. The van der Waals surface area contributed by atoms with Crippen molar-refractivity contribution in [2.24, 2.45) is 17.8 Å². The maximum absolute atomic E-state index is 14.9. The number of allylic oxidation sites excluding steroid dienone is 3. The predicted octanol–water partition coefficient (Wildman–Crippen LogP) is 8.59. The van der Waals surface area contributed by atoms with Gasteiger partial charge in [-0.1, -0.05) is 48.6 Å². The zero-order chi connectivity index (χ0) is 21.6. The highest BCUT2D eigenvalue weighted by Gasteiger charge is 2.30. The number of ether oxygens (including phenoxy) is 1. The molecule has 2 aromatic rings. The second-order valence-electron chi connectivity index (χ2n) is 9.55. The van der Waals surface area contributed by atoms with Crippen LogP contribution in [0.2, 0.25) is 0 Å². The van der Waals surface area contributed by atoms with E-state index >= 15 is 0 Å². The third-order valence-electron chi connectivity index (χ3n) is 7.70. The van der Waals surface area contributed by atoms with E-state index in [0.717, 1.165) is 23.1 Å². The molecule has 0 bridgehead atoms. The quantitative estimate of drug-likeness (QED) is 0.425. The Balaban J connectivity index is 1.37. The van der Waals surface area contributed by atoms with Crippen LogP contribution in [-0.2, 0) is 0 Å². The van der Waals surface area contributed by atoms with Crippen molar-refractivity contribution < 1.29 is 9.13 Å². The van der Waals surface area contributed by atoms with Crippen molar-refractivity contribution in [2.75, 3.05) is 6.61 Å². The van der Waals surface area contributed by atoms with Crippen molar-refractivity contribution in [3.8, 4) is 5.75 Å². The second kappa shape index (κ2) is 10.5. The van der Waals surface area contributed by atoms with Crippen molar-refractivity contribution in [3.63, 3.8) is 0 Å². The first-order chi connectivity index (χ1) is 15.2. The van der Waals surface area contributed by atoms with Crippen LogP contribution in [-0.4, -0.2) is 6.61 Å². The molecule has 0 amide bonds. The molecule has 2 aromatic carbocycles. The Kier molecular flexibility index (Phi) is 7.48. The molecule has 1 nitrogen and oxygen atoms in total. The lowest BCUT2D eigenvalue weighted by Crippen LogP contribution is -2.25. The Morgan fingerprint density at radius 3 is 2.26 bits per heavy atom. The topological polar surface area (TPSA) is 9.23 Å². The summed E-state index contributed by atoms with van der Waals surface area (Å²) >= 11 is 0. The van der Waals surface area contributed by atoms with Crippen molar-refractivity contribution in [1.29, 1.82) is 0 Å². The summed E-state index contributed by atoms with van der Waals surface area (Å²) in [5.74, 6) is 3.39. The molecule has 4 rings (SSSR count). The predicted molar refractivity (Wildman–Crippen MR) is 129 cm³/mol. The molecule has 0 N–H and O–H groups in total. The van der Waals surface area contributed by atoms with E-state index in [1.54, 1.807) is 6.07 Å². The molecule has 2 aliphatic rings. The van der Waals surface area contributed by atoms with Crippen LogP contribution in [0.5, 0.6) is 5.75 Å². The fourth-order valence-electron chi connectivity index (χ4n) is 5.89.